The molecule has 1 aliphatic rings. The molecule has 0 radical (unpaired) electrons. The van der Waals surface area contributed by atoms with Gasteiger partial charge in [-0.1, -0.05) is 11.8 Å². The summed E-state index contributed by atoms with van der Waals surface area (Å²) in [6.07, 6.45) is 3.60. The van der Waals surface area contributed by atoms with Gasteiger partial charge in [-0.25, -0.2) is 4.98 Å². The first-order chi connectivity index (χ1) is 8.31. The van der Waals surface area contributed by atoms with E-state index in [1.54, 1.807) is 17.2 Å². The van der Waals surface area contributed by atoms with Crippen LogP contribution in [0.15, 0.2) is 18.3 Å². The average Bonchev–Trinajstić information content (AvgIpc) is 2.76. The molecule has 4 heteroatoms. The van der Waals surface area contributed by atoms with E-state index in [-0.39, 0.29) is 12.5 Å². The number of hydrogen-bond acceptors (Lipinski definition) is 3. The van der Waals surface area contributed by atoms with Crippen molar-refractivity contribution in [1.29, 1.82) is 0 Å². The van der Waals surface area contributed by atoms with E-state index >= 15 is 0 Å². The number of carbonyl (C=O) groups is 1. The number of aromatic nitrogens is 1. The van der Waals surface area contributed by atoms with Crippen LogP contribution < -0.4 is 4.90 Å². The first kappa shape index (κ1) is 11.6. The molecule has 1 fully saturated rings. The van der Waals surface area contributed by atoms with Gasteiger partial charge in [-0.3, -0.25) is 9.69 Å². The molecule has 1 aliphatic heterocycles. The standard InChI is InChI=1S/C13H14N2O2/c16-9-2-1-4-11-6-7-14-12(10-11)15-8-3-5-13(15)17/h6-7,10,16H,2-3,5,8-9H2. The molecule has 2 rings (SSSR count). The Morgan fingerprint density at radius 1 is 1.53 bits per heavy atom. The largest absolute Gasteiger partial charge is 0.395 e. The van der Waals surface area contributed by atoms with Crippen LogP contribution in [0.25, 0.3) is 0 Å². The predicted molar refractivity (Wildman–Crippen MR) is 64.4 cm³/mol. The lowest BCUT2D eigenvalue weighted by atomic mass is 10.2. The zero-order valence-electron chi connectivity index (χ0n) is 9.52. The first-order valence-electron chi connectivity index (χ1n) is 5.67. The number of amides is 1. The fourth-order valence-electron chi connectivity index (χ4n) is 1.75. The average molecular weight is 230 g/mol. The minimum Gasteiger partial charge on any atom is -0.395 e. The Labute approximate surface area is 100 Å². The molecule has 1 aromatic heterocycles. The van der Waals surface area contributed by atoms with Crippen molar-refractivity contribution in [1.82, 2.24) is 4.98 Å². The molecule has 0 bridgehead atoms. The summed E-state index contributed by atoms with van der Waals surface area (Å²) in [6.45, 7) is 0.801. The fourth-order valence-corrected chi connectivity index (χ4v) is 1.75. The van der Waals surface area contributed by atoms with Crippen LogP contribution in [0, 0.1) is 11.8 Å². The quantitative estimate of drug-likeness (QED) is 0.769. The first-order valence-corrected chi connectivity index (χ1v) is 5.67. The number of carbonyl (C=O) groups excluding carboxylic acids is 1. The van der Waals surface area contributed by atoms with Crippen molar-refractivity contribution in [2.75, 3.05) is 18.1 Å². The predicted octanol–water partition coefficient (Wildman–Crippen LogP) is 0.942. The van der Waals surface area contributed by atoms with Gasteiger partial charge in [-0.15, -0.1) is 0 Å². The van der Waals surface area contributed by atoms with Crippen LogP contribution in [0.3, 0.4) is 0 Å². The van der Waals surface area contributed by atoms with Crippen molar-refractivity contribution in [3.05, 3.63) is 23.9 Å². The van der Waals surface area contributed by atoms with Crippen molar-refractivity contribution in [2.24, 2.45) is 0 Å². The van der Waals surface area contributed by atoms with Crippen molar-refractivity contribution in [2.45, 2.75) is 19.3 Å². The third kappa shape index (κ3) is 2.83. The molecule has 0 spiro atoms. The minimum atomic E-state index is 0.0650. The molecule has 4 nitrogen and oxygen atoms in total. The van der Waals surface area contributed by atoms with Crippen LogP contribution in [0.2, 0.25) is 0 Å². The lowest BCUT2D eigenvalue weighted by Gasteiger charge is -2.13. The number of anilines is 1. The molecule has 0 saturated carbocycles. The highest BCUT2D eigenvalue weighted by atomic mass is 16.2. The Balaban J connectivity index is 2.17. The number of hydrogen-bond donors (Lipinski definition) is 1. The van der Waals surface area contributed by atoms with Gasteiger partial charge in [0.25, 0.3) is 0 Å². The van der Waals surface area contributed by atoms with Crippen LogP contribution in [0.1, 0.15) is 24.8 Å². The third-order valence-corrected chi connectivity index (χ3v) is 2.56. The third-order valence-electron chi connectivity index (χ3n) is 2.56. The van der Waals surface area contributed by atoms with Gasteiger partial charge in [0.2, 0.25) is 5.91 Å². The van der Waals surface area contributed by atoms with E-state index < -0.39 is 0 Å². The molecule has 0 aromatic carbocycles. The van der Waals surface area contributed by atoms with Gasteiger partial charge in [0, 0.05) is 31.1 Å². The Bertz CT molecular complexity index is 474. The highest BCUT2D eigenvalue weighted by molar-refractivity contribution is 5.94. The lowest BCUT2D eigenvalue weighted by molar-refractivity contribution is -0.117. The smallest absolute Gasteiger partial charge is 0.228 e. The van der Waals surface area contributed by atoms with Crippen LogP contribution in [-0.2, 0) is 4.79 Å². The maximum atomic E-state index is 11.6. The highest BCUT2D eigenvalue weighted by Crippen LogP contribution is 2.19. The van der Waals surface area contributed by atoms with E-state index in [4.69, 9.17) is 5.11 Å². The van der Waals surface area contributed by atoms with Crippen molar-refractivity contribution in [3.8, 4) is 11.8 Å². The highest BCUT2D eigenvalue weighted by Gasteiger charge is 2.22. The zero-order chi connectivity index (χ0) is 12.1. The van der Waals surface area contributed by atoms with Gasteiger partial charge in [-0.2, -0.15) is 0 Å². The second-order valence-electron chi connectivity index (χ2n) is 3.83. The van der Waals surface area contributed by atoms with Gasteiger partial charge < -0.3 is 5.11 Å². The zero-order valence-corrected chi connectivity index (χ0v) is 9.52. The maximum absolute atomic E-state index is 11.6. The number of aliphatic hydroxyl groups is 1. The van der Waals surface area contributed by atoms with Crippen molar-refractivity contribution in [3.63, 3.8) is 0 Å². The second-order valence-corrected chi connectivity index (χ2v) is 3.83. The fraction of sp³-hybridized carbons (Fsp3) is 0.385. The summed E-state index contributed by atoms with van der Waals surface area (Å²) in [5, 5.41) is 8.64. The Hall–Kier alpha value is -1.86. The lowest BCUT2D eigenvalue weighted by Crippen LogP contribution is -2.24. The molecule has 0 aliphatic carbocycles. The summed E-state index contributed by atoms with van der Waals surface area (Å²) in [5.74, 6) is 6.58. The van der Waals surface area contributed by atoms with E-state index in [0.717, 1.165) is 18.5 Å². The Morgan fingerprint density at radius 2 is 2.41 bits per heavy atom. The number of rotatable bonds is 2. The second kappa shape index (κ2) is 5.46. The molecule has 0 unspecified atom stereocenters. The van der Waals surface area contributed by atoms with Gasteiger partial charge in [-0.05, 0) is 18.6 Å². The van der Waals surface area contributed by atoms with E-state index in [2.05, 4.69) is 16.8 Å². The van der Waals surface area contributed by atoms with E-state index in [9.17, 15) is 4.79 Å². The summed E-state index contributed by atoms with van der Waals surface area (Å²) in [7, 11) is 0. The SMILES string of the molecule is O=C1CCCN1c1cc(C#CCCO)ccn1. The van der Waals surface area contributed by atoms with Crippen LogP contribution >= 0.6 is 0 Å². The monoisotopic (exact) mass is 230 g/mol. The molecule has 0 atom stereocenters. The normalized spacial score (nSPS) is 14.6. The summed E-state index contributed by atoms with van der Waals surface area (Å²) in [6, 6.07) is 3.61. The van der Waals surface area contributed by atoms with Gasteiger partial charge in [0.1, 0.15) is 5.82 Å². The molecule has 88 valence electrons. The maximum Gasteiger partial charge on any atom is 0.228 e. The molecular weight excluding hydrogens is 216 g/mol. The Morgan fingerprint density at radius 3 is 3.12 bits per heavy atom. The molecule has 2 heterocycles. The topological polar surface area (TPSA) is 53.4 Å². The summed E-state index contributed by atoms with van der Waals surface area (Å²) >= 11 is 0. The van der Waals surface area contributed by atoms with Crippen molar-refractivity contribution < 1.29 is 9.90 Å². The van der Waals surface area contributed by atoms with Gasteiger partial charge >= 0.3 is 0 Å². The molecule has 1 amide bonds. The Kier molecular flexibility index (Phi) is 3.73. The van der Waals surface area contributed by atoms with Gasteiger partial charge in [0.05, 0.1) is 6.61 Å². The summed E-state index contributed by atoms with van der Waals surface area (Å²) in [5.41, 5.74) is 0.822. The summed E-state index contributed by atoms with van der Waals surface area (Å²) < 4.78 is 0. The number of aliphatic hydroxyl groups excluding tert-OH is 1. The molecule has 1 N–H and O–H groups in total. The van der Waals surface area contributed by atoms with Crippen LogP contribution in [-0.4, -0.2) is 29.1 Å². The number of pyridine rings is 1. The molecule has 17 heavy (non-hydrogen) atoms. The van der Waals surface area contributed by atoms with E-state index in [1.807, 2.05) is 6.07 Å². The van der Waals surface area contributed by atoms with Crippen molar-refractivity contribution >= 4 is 11.7 Å². The minimum absolute atomic E-state index is 0.0650. The van der Waals surface area contributed by atoms with E-state index in [0.29, 0.717) is 18.7 Å². The van der Waals surface area contributed by atoms with E-state index in [1.165, 1.54) is 0 Å². The molecule has 1 aromatic rings. The van der Waals surface area contributed by atoms with Crippen LogP contribution in [0.5, 0.6) is 0 Å². The van der Waals surface area contributed by atoms with Gasteiger partial charge in [0.15, 0.2) is 0 Å². The van der Waals surface area contributed by atoms with Crippen LogP contribution in [0.4, 0.5) is 5.82 Å². The molecular formula is C13H14N2O2. The molecule has 1 saturated heterocycles. The summed E-state index contributed by atoms with van der Waals surface area (Å²) in [4.78, 5) is 17.4. The number of nitrogens with zero attached hydrogens (tertiary/aromatic N) is 2.